The van der Waals surface area contributed by atoms with Crippen LogP contribution in [0.25, 0.3) is 65.7 Å². The van der Waals surface area contributed by atoms with Crippen molar-refractivity contribution < 1.29 is 0 Å². The molecule has 0 radical (unpaired) electrons. The van der Waals surface area contributed by atoms with E-state index in [1.807, 2.05) is 0 Å². The lowest BCUT2D eigenvalue weighted by molar-refractivity contribution is -0.0399. The summed E-state index contributed by atoms with van der Waals surface area (Å²) in [6.07, 6.45) is 6.91. The summed E-state index contributed by atoms with van der Waals surface area (Å²) in [5.74, 6) is 3.16. The molecule has 11 aromatic rings. The third-order valence-electron chi connectivity index (χ3n) is 17.4. The van der Waals surface area contributed by atoms with Crippen LogP contribution in [0.1, 0.15) is 43.2 Å². The number of hydrogen-bond donors (Lipinski definition) is 0. The summed E-state index contributed by atoms with van der Waals surface area (Å²) in [6, 6.07) is 86.7. The summed E-state index contributed by atoms with van der Waals surface area (Å²) in [4.78, 5) is 5.12. The minimum absolute atomic E-state index is 0.0652. The van der Waals surface area contributed by atoms with Crippen LogP contribution in [0.15, 0.2) is 231 Å². The predicted molar refractivity (Wildman–Crippen MR) is 294 cm³/mol. The van der Waals surface area contributed by atoms with Crippen molar-refractivity contribution in [1.82, 2.24) is 0 Å². The van der Waals surface area contributed by atoms with Gasteiger partial charge in [0, 0.05) is 44.1 Å². The molecule has 4 fully saturated rings. The number of nitrogens with zero attached hydrogens (tertiary/aromatic N) is 2. The van der Waals surface area contributed by atoms with E-state index in [0.29, 0.717) is 11.8 Å². The minimum atomic E-state index is 0.0652. The summed E-state index contributed by atoms with van der Waals surface area (Å²) < 4.78 is 0. The third-order valence-corrected chi connectivity index (χ3v) is 17.4. The highest BCUT2D eigenvalue weighted by molar-refractivity contribution is 6.30. The molecule has 0 saturated heterocycles. The standard InChI is InChI=1S/C68H52N2/c1-5-18-46(19-6-1)53-26-14-16-30-61(53)69(51-22-9-3-10-23-51)62-37-33-48-32-34-57-64(43-58(47-20-7-2-8-21-47)54-35-36-56(62)65(48)66(54)57)70(52-24-11-4-12-25-52)63-31-17-29-60-67(63)55-27-13-15-28-59(55)68(60)49-39-44-38-45(41-49)42-50(68)40-44/h1-37,43-45,49-50H,38-42H2. The van der Waals surface area contributed by atoms with Gasteiger partial charge in [-0.2, -0.15) is 0 Å². The average Bonchev–Trinajstić information content (AvgIpc) is 3.72. The Morgan fingerprint density at radius 1 is 0.329 bits per heavy atom. The van der Waals surface area contributed by atoms with E-state index in [1.165, 1.54) is 115 Å². The quantitative estimate of drug-likeness (QED) is 0.140. The summed E-state index contributed by atoms with van der Waals surface area (Å²) in [7, 11) is 0. The Bertz CT molecular complexity index is 3760. The molecule has 5 aliphatic rings. The number of rotatable bonds is 8. The number of benzene rings is 11. The summed E-state index contributed by atoms with van der Waals surface area (Å²) in [5, 5.41) is 7.56. The molecular weight excluding hydrogens is 845 g/mol. The Balaban J connectivity index is 1.02. The molecule has 0 unspecified atom stereocenters. The summed E-state index contributed by atoms with van der Waals surface area (Å²) >= 11 is 0. The first-order chi connectivity index (χ1) is 34.7. The van der Waals surface area contributed by atoms with Gasteiger partial charge >= 0.3 is 0 Å². The van der Waals surface area contributed by atoms with Gasteiger partial charge in [-0.1, -0.05) is 182 Å². The highest BCUT2D eigenvalue weighted by Crippen LogP contribution is 2.70. The van der Waals surface area contributed by atoms with Gasteiger partial charge in [0.2, 0.25) is 0 Å². The lowest BCUT2D eigenvalue weighted by Crippen LogP contribution is -2.55. The first kappa shape index (κ1) is 40.0. The van der Waals surface area contributed by atoms with Crippen LogP contribution in [-0.4, -0.2) is 0 Å². The van der Waals surface area contributed by atoms with Crippen molar-refractivity contribution in [2.75, 3.05) is 9.80 Å². The topological polar surface area (TPSA) is 6.48 Å². The molecule has 0 amide bonds. The second-order valence-electron chi connectivity index (χ2n) is 20.8. The molecule has 1 spiro atoms. The molecule has 0 atom stereocenters. The first-order valence-electron chi connectivity index (χ1n) is 25.6. The number of para-hydroxylation sites is 3. The fourth-order valence-corrected chi connectivity index (χ4v) is 15.0. The van der Waals surface area contributed by atoms with Gasteiger partial charge in [0.05, 0.1) is 22.7 Å². The molecular formula is C68H52N2. The molecule has 0 N–H and O–H groups in total. The van der Waals surface area contributed by atoms with Gasteiger partial charge in [-0.3, -0.25) is 0 Å². The van der Waals surface area contributed by atoms with Crippen LogP contribution < -0.4 is 9.80 Å². The van der Waals surface area contributed by atoms with Gasteiger partial charge < -0.3 is 9.80 Å². The molecule has 2 nitrogen and oxygen atoms in total. The van der Waals surface area contributed by atoms with E-state index < -0.39 is 0 Å². The van der Waals surface area contributed by atoms with E-state index in [-0.39, 0.29) is 5.41 Å². The van der Waals surface area contributed by atoms with E-state index in [4.69, 9.17) is 0 Å². The van der Waals surface area contributed by atoms with Gasteiger partial charge in [0.15, 0.2) is 0 Å². The van der Waals surface area contributed by atoms with Gasteiger partial charge in [0.1, 0.15) is 0 Å². The zero-order valence-corrected chi connectivity index (χ0v) is 39.2. The van der Waals surface area contributed by atoms with Crippen molar-refractivity contribution in [2.24, 2.45) is 23.7 Å². The van der Waals surface area contributed by atoms with Crippen LogP contribution >= 0.6 is 0 Å². The van der Waals surface area contributed by atoms with Gasteiger partial charge in [-0.05, 0) is 154 Å². The second-order valence-corrected chi connectivity index (χ2v) is 20.8. The summed E-state index contributed by atoms with van der Waals surface area (Å²) in [5.41, 5.74) is 18.0. The highest BCUT2D eigenvalue weighted by atomic mass is 15.2. The van der Waals surface area contributed by atoms with Crippen molar-refractivity contribution >= 4 is 66.4 Å². The molecule has 16 rings (SSSR count). The molecule has 4 bridgehead atoms. The molecule has 0 aliphatic heterocycles. The largest absolute Gasteiger partial charge is 0.309 e. The molecule has 70 heavy (non-hydrogen) atoms. The Morgan fingerprint density at radius 2 is 0.829 bits per heavy atom. The average molecular weight is 897 g/mol. The fraction of sp³-hybridized carbons (Fsp3) is 0.147. The van der Waals surface area contributed by atoms with Crippen molar-refractivity contribution in [2.45, 2.75) is 37.5 Å². The monoisotopic (exact) mass is 896 g/mol. The minimum Gasteiger partial charge on any atom is -0.309 e. The third kappa shape index (κ3) is 5.74. The van der Waals surface area contributed by atoms with Gasteiger partial charge in [-0.25, -0.2) is 0 Å². The van der Waals surface area contributed by atoms with E-state index >= 15 is 0 Å². The zero-order valence-electron chi connectivity index (χ0n) is 39.2. The molecule has 11 aromatic carbocycles. The molecule has 0 heterocycles. The number of fused-ring (bicyclic) bond motifs is 3. The van der Waals surface area contributed by atoms with Crippen LogP contribution in [0.3, 0.4) is 0 Å². The van der Waals surface area contributed by atoms with Gasteiger partial charge in [0.25, 0.3) is 0 Å². The predicted octanol–water partition coefficient (Wildman–Crippen LogP) is 18.6. The van der Waals surface area contributed by atoms with Crippen molar-refractivity contribution in [1.29, 1.82) is 0 Å². The lowest BCUT2D eigenvalue weighted by Gasteiger charge is -2.61. The molecule has 5 aliphatic carbocycles. The number of anilines is 6. The maximum Gasteiger partial charge on any atom is 0.0547 e. The molecule has 2 heteroatoms. The Hall–Kier alpha value is -7.94. The first-order valence-corrected chi connectivity index (χ1v) is 25.6. The SMILES string of the molecule is c1ccc(-c2ccccc2N(c2ccccc2)c2ccc3ccc4c(N(c5ccccc5)c5cccc6c5-c5ccccc5C65C6CC7CC(C6)CC5C7)cc(-c5ccccc5)c5ccc2c3c54)cc1. The highest BCUT2D eigenvalue weighted by Gasteiger charge is 2.62. The van der Waals surface area contributed by atoms with Crippen molar-refractivity contribution in [3.05, 3.63) is 242 Å². The van der Waals surface area contributed by atoms with E-state index in [0.717, 1.165) is 28.9 Å². The van der Waals surface area contributed by atoms with E-state index in [9.17, 15) is 0 Å². The van der Waals surface area contributed by atoms with Crippen molar-refractivity contribution in [3.8, 4) is 33.4 Å². The molecule has 4 saturated carbocycles. The van der Waals surface area contributed by atoms with Crippen LogP contribution in [-0.2, 0) is 5.41 Å². The van der Waals surface area contributed by atoms with Crippen molar-refractivity contribution in [3.63, 3.8) is 0 Å². The van der Waals surface area contributed by atoms with E-state index in [2.05, 4.69) is 240 Å². The Labute approximate surface area is 410 Å². The maximum absolute atomic E-state index is 2.64. The lowest BCUT2D eigenvalue weighted by atomic mass is 9.43. The normalized spacial score (nSPS) is 20.6. The number of hydrogen-bond acceptors (Lipinski definition) is 2. The smallest absolute Gasteiger partial charge is 0.0547 e. The van der Waals surface area contributed by atoms with Crippen LogP contribution in [0.5, 0.6) is 0 Å². The van der Waals surface area contributed by atoms with Crippen LogP contribution in [0.2, 0.25) is 0 Å². The van der Waals surface area contributed by atoms with E-state index in [1.54, 1.807) is 11.1 Å². The van der Waals surface area contributed by atoms with Crippen LogP contribution in [0.4, 0.5) is 34.1 Å². The second kappa shape index (κ2) is 15.5. The van der Waals surface area contributed by atoms with Crippen LogP contribution in [0, 0.1) is 23.7 Å². The maximum atomic E-state index is 2.64. The Kier molecular flexibility index (Phi) is 8.88. The summed E-state index contributed by atoms with van der Waals surface area (Å²) in [6.45, 7) is 0. The molecule has 0 aromatic heterocycles. The zero-order chi connectivity index (χ0) is 45.9. The Morgan fingerprint density at radius 3 is 1.51 bits per heavy atom. The fourth-order valence-electron chi connectivity index (χ4n) is 15.0. The molecule has 334 valence electrons. The van der Waals surface area contributed by atoms with Gasteiger partial charge in [-0.15, -0.1) is 0 Å².